The molecule has 0 fully saturated rings. The molecule has 0 atom stereocenters. The molecule has 0 spiro atoms. The molecule has 0 saturated carbocycles. The van der Waals surface area contributed by atoms with Crippen LogP contribution < -0.4 is 0 Å². The van der Waals surface area contributed by atoms with Gasteiger partial charge in [0.15, 0.2) is 0 Å². The van der Waals surface area contributed by atoms with E-state index < -0.39 is 10.0 Å². The lowest BCUT2D eigenvalue weighted by atomic mass is 10.2. The van der Waals surface area contributed by atoms with Gasteiger partial charge in [-0.05, 0) is 30.2 Å². The highest BCUT2D eigenvalue weighted by Gasteiger charge is 2.04. The smallest absolute Gasteiger partial charge is 0.232 e. The summed E-state index contributed by atoms with van der Waals surface area (Å²) in [5.41, 5.74) is 0.562. The lowest BCUT2D eigenvalue weighted by Gasteiger charge is -2.05. The summed E-state index contributed by atoms with van der Waals surface area (Å²) >= 11 is 0. The van der Waals surface area contributed by atoms with E-state index in [2.05, 4.69) is 12.0 Å². The summed E-state index contributed by atoms with van der Waals surface area (Å²) in [7, 11) is -1.94. The maximum atomic E-state index is 12.5. The fraction of sp³-hybridized carbons (Fsp3) is 0.200. The van der Waals surface area contributed by atoms with Gasteiger partial charge in [0.05, 0.1) is 6.26 Å². The van der Waals surface area contributed by atoms with Crippen molar-refractivity contribution < 1.29 is 12.8 Å². The number of rotatable bonds is 1. The minimum absolute atomic E-state index is 0.350. The molecular formula is C10H10FNO2S. The molecule has 0 aliphatic rings. The van der Waals surface area contributed by atoms with Crippen LogP contribution in [0.1, 0.15) is 5.56 Å². The Hall–Kier alpha value is -1.54. The second-order valence-corrected chi connectivity index (χ2v) is 4.99. The van der Waals surface area contributed by atoms with Crippen LogP contribution in [0.15, 0.2) is 24.3 Å². The minimum atomic E-state index is -3.30. The number of hydrogen-bond donors (Lipinski definition) is 0. The molecule has 0 heterocycles. The van der Waals surface area contributed by atoms with E-state index in [4.69, 9.17) is 0 Å². The normalized spacial score (nSPS) is 10.3. The van der Waals surface area contributed by atoms with Crippen molar-refractivity contribution >= 4 is 10.0 Å². The Morgan fingerprint density at radius 1 is 1.27 bits per heavy atom. The summed E-state index contributed by atoms with van der Waals surface area (Å²) in [5.74, 6) is 2.26. The van der Waals surface area contributed by atoms with E-state index in [0.29, 0.717) is 5.56 Å². The van der Waals surface area contributed by atoms with E-state index in [-0.39, 0.29) is 5.82 Å². The number of nitrogens with zero attached hydrogens (tertiary/aromatic N) is 1. The monoisotopic (exact) mass is 227 g/mol. The van der Waals surface area contributed by atoms with Crippen molar-refractivity contribution in [3.8, 4) is 12.0 Å². The second-order valence-electron chi connectivity index (χ2n) is 2.97. The van der Waals surface area contributed by atoms with Crippen LogP contribution >= 0.6 is 0 Å². The highest BCUT2D eigenvalue weighted by atomic mass is 32.2. The van der Waals surface area contributed by atoms with Gasteiger partial charge >= 0.3 is 0 Å². The van der Waals surface area contributed by atoms with Crippen LogP contribution in [0.3, 0.4) is 0 Å². The largest absolute Gasteiger partial charge is 0.238 e. The predicted molar refractivity (Wildman–Crippen MR) is 55.9 cm³/mol. The van der Waals surface area contributed by atoms with Crippen LogP contribution in [0, 0.1) is 17.8 Å². The zero-order chi connectivity index (χ0) is 11.5. The van der Waals surface area contributed by atoms with Crippen molar-refractivity contribution in [1.82, 2.24) is 4.31 Å². The molecule has 3 nitrogen and oxygen atoms in total. The highest BCUT2D eigenvalue weighted by Crippen LogP contribution is 2.01. The average Bonchev–Trinajstić information content (AvgIpc) is 2.15. The fourth-order valence-corrected chi connectivity index (χ4v) is 0.971. The number of hydrogen-bond acceptors (Lipinski definition) is 2. The van der Waals surface area contributed by atoms with E-state index in [1.807, 2.05) is 0 Å². The van der Waals surface area contributed by atoms with Crippen molar-refractivity contribution in [3.63, 3.8) is 0 Å². The third kappa shape index (κ3) is 3.60. The molecule has 0 aliphatic carbocycles. The first-order chi connectivity index (χ1) is 6.89. The zero-order valence-electron chi connectivity index (χ0n) is 8.36. The molecule has 0 unspecified atom stereocenters. The van der Waals surface area contributed by atoms with Crippen LogP contribution in [-0.4, -0.2) is 26.0 Å². The van der Waals surface area contributed by atoms with Crippen LogP contribution in [-0.2, 0) is 10.0 Å². The summed E-state index contributed by atoms with van der Waals surface area (Å²) in [4.78, 5) is 0. The van der Waals surface area contributed by atoms with E-state index in [9.17, 15) is 12.8 Å². The highest BCUT2D eigenvalue weighted by molar-refractivity contribution is 7.88. The van der Waals surface area contributed by atoms with Gasteiger partial charge in [0.2, 0.25) is 10.0 Å². The van der Waals surface area contributed by atoms with E-state index in [0.717, 1.165) is 10.6 Å². The lowest BCUT2D eigenvalue weighted by Crippen LogP contribution is -2.19. The third-order valence-corrected chi connectivity index (χ3v) is 2.79. The Balaban J connectivity index is 2.87. The average molecular weight is 227 g/mol. The minimum Gasteiger partial charge on any atom is -0.232 e. The summed E-state index contributed by atoms with van der Waals surface area (Å²) in [6.45, 7) is 0. The van der Waals surface area contributed by atoms with Crippen LogP contribution in [0.4, 0.5) is 4.39 Å². The van der Waals surface area contributed by atoms with Crippen LogP contribution in [0.5, 0.6) is 0 Å². The standard InChI is InChI=1S/C10H10FNO2S/c1-12(15(2,13)14)8-7-9-3-5-10(11)6-4-9/h3-6H,1-2H3. The van der Waals surface area contributed by atoms with Gasteiger partial charge in [-0.3, -0.25) is 0 Å². The molecule has 80 valence electrons. The molecule has 0 aliphatic heterocycles. The van der Waals surface area contributed by atoms with E-state index in [1.54, 1.807) is 0 Å². The number of sulfonamides is 1. The summed E-state index contributed by atoms with van der Waals surface area (Å²) in [6.07, 6.45) is 1.06. The maximum Gasteiger partial charge on any atom is 0.238 e. The Morgan fingerprint density at radius 3 is 2.27 bits per heavy atom. The Bertz CT molecular complexity index is 496. The topological polar surface area (TPSA) is 37.4 Å². The van der Waals surface area contributed by atoms with Crippen molar-refractivity contribution in [3.05, 3.63) is 35.6 Å². The van der Waals surface area contributed by atoms with Gasteiger partial charge in [-0.25, -0.2) is 17.1 Å². The van der Waals surface area contributed by atoms with Crippen LogP contribution in [0.2, 0.25) is 0 Å². The first-order valence-electron chi connectivity index (χ1n) is 4.11. The van der Waals surface area contributed by atoms with Gasteiger partial charge in [0.25, 0.3) is 0 Å². The zero-order valence-corrected chi connectivity index (χ0v) is 9.18. The van der Waals surface area contributed by atoms with Gasteiger partial charge in [-0.15, -0.1) is 0 Å². The van der Waals surface area contributed by atoms with Crippen LogP contribution in [0.25, 0.3) is 0 Å². The third-order valence-electron chi connectivity index (χ3n) is 1.70. The SMILES string of the molecule is CN(C#Cc1ccc(F)cc1)S(C)(=O)=O. The fourth-order valence-electron chi connectivity index (χ4n) is 0.759. The van der Waals surface area contributed by atoms with Crippen molar-refractivity contribution in [2.24, 2.45) is 0 Å². The Kier molecular flexibility index (Phi) is 3.32. The summed E-state index contributed by atoms with van der Waals surface area (Å²) in [5, 5.41) is 0. The summed E-state index contributed by atoms with van der Waals surface area (Å²) < 4.78 is 35.4. The molecule has 0 aromatic heterocycles. The molecule has 0 N–H and O–H groups in total. The number of benzene rings is 1. The quantitative estimate of drug-likeness (QED) is 0.530. The van der Waals surface area contributed by atoms with Crippen molar-refractivity contribution in [1.29, 1.82) is 0 Å². The Labute approximate surface area is 88.6 Å². The molecule has 5 heteroatoms. The molecule has 1 aromatic rings. The lowest BCUT2D eigenvalue weighted by molar-refractivity contribution is 0.554. The van der Waals surface area contributed by atoms with E-state index >= 15 is 0 Å². The van der Waals surface area contributed by atoms with Gasteiger partial charge in [0, 0.05) is 18.7 Å². The molecule has 0 saturated heterocycles. The van der Waals surface area contributed by atoms with Gasteiger partial charge < -0.3 is 0 Å². The molecule has 0 radical (unpaired) electrons. The summed E-state index contributed by atoms with van der Waals surface area (Å²) in [6, 6.07) is 7.94. The molecule has 0 amide bonds. The van der Waals surface area contributed by atoms with Gasteiger partial charge in [-0.2, -0.15) is 0 Å². The molecule has 0 bridgehead atoms. The maximum absolute atomic E-state index is 12.5. The first kappa shape index (κ1) is 11.5. The molecular weight excluding hydrogens is 217 g/mol. The van der Waals surface area contributed by atoms with Crippen molar-refractivity contribution in [2.45, 2.75) is 0 Å². The number of halogens is 1. The molecule has 1 aromatic carbocycles. The molecule has 15 heavy (non-hydrogen) atoms. The van der Waals surface area contributed by atoms with Gasteiger partial charge in [-0.1, -0.05) is 0 Å². The van der Waals surface area contributed by atoms with Gasteiger partial charge in [0.1, 0.15) is 5.82 Å². The van der Waals surface area contributed by atoms with E-state index in [1.165, 1.54) is 31.3 Å². The van der Waals surface area contributed by atoms with Crippen molar-refractivity contribution in [2.75, 3.05) is 13.3 Å². The second kappa shape index (κ2) is 4.32. The predicted octanol–water partition coefficient (Wildman–Crippen LogP) is 1.03. The first-order valence-corrected chi connectivity index (χ1v) is 5.95. The Morgan fingerprint density at radius 2 is 1.80 bits per heavy atom. The molecule has 1 rings (SSSR count).